The molecule has 0 bridgehead atoms. The fourth-order valence-electron chi connectivity index (χ4n) is 4.29. The molecule has 0 saturated carbocycles. The first kappa shape index (κ1) is 24.9. The molecule has 0 aromatic heterocycles. The zero-order valence-corrected chi connectivity index (χ0v) is 20.9. The van der Waals surface area contributed by atoms with Crippen molar-refractivity contribution in [1.29, 1.82) is 0 Å². The van der Waals surface area contributed by atoms with Gasteiger partial charge in [0.1, 0.15) is 17.9 Å². The maximum absolute atomic E-state index is 13.0. The second-order valence-electron chi connectivity index (χ2n) is 8.10. The number of hydrogen-bond acceptors (Lipinski definition) is 7. The molecular formula is C26H25Cl2NO6. The lowest BCUT2D eigenvalue weighted by Crippen LogP contribution is -2.31. The van der Waals surface area contributed by atoms with Crippen molar-refractivity contribution in [3.8, 4) is 11.5 Å². The van der Waals surface area contributed by atoms with Crippen LogP contribution in [0.3, 0.4) is 0 Å². The molecule has 7 nitrogen and oxygen atoms in total. The normalized spacial score (nSPS) is 17.6. The van der Waals surface area contributed by atoms with Crippen molar-refractivity contribution in [1.82, 2.24) is 0 Å². The third-order valence-electron chi connectivity index (χ3n) is 5.85. The minimum Gasteiger partial charge on any atom is -0.490 e. The van der Waals surface area contributed by atoms with Crippen molar-refractivity contribution in [3.05, 3.63) is 80.4 Å². The van der Waals surface area contributed by atoms with Crippen molar-refractivity contribution in [2.45, 2.75) is 38.7 Å². The zero-order chi connectivity index (χ0) is 25.1. The van der Waals surface area contributed by atoms with E-state index in [-0.39, 0.29) is 28.9 Å². The van der Waals surface area contributed by atoms with Crippen LogP contribution >= 0.6 is 23.2 Å². The molecule has 2 aliphatic rings. The Kier molecular flexibility index (Phi) is 7.57. The Bertz CT molecular complexity index is 1220. The summed E-state index contributed by atoms with van der Waals surface area (Å²) in [6.45, 7) is 2.42. The SMILES string of the molecule is CCOc1cc([C@H]2C(C(=O)OC)=C(N)OC3=C2C(=O)CCC3)cc(Cl)c1OCc1ccc(Cl)cc1. The number of esters is 1. The monoisotopic (exact) mass is 517 g/mol. The molecule has 0 unspecified atom stereocenters. The van der Waals surface area contributed by atoms with E-state index in [0.717, 1.165) is 5.56 Å². The summed E-state index contributed by atoms with van der Waals surface area (Å²) in [5.41, 5.74) is 8.02. The average molecular weight is 518 g/mol. The van der Waals surface area contributed by atoms with Gasteiger partial charge in [0, 0.05) is 23.4 Å². The summed E-state index contributed by atoms with van der Waals surface area (Å²) in [4.78, 5) is 25.7. The number of hydrogen-bond donors (Lipinski definition) is 1. The van der Waals surface area contributed by atoms with Gasteiger partial charge >= 0.3 is 5.97 Å². The van der Waals surface area contributed by atoms with E-state index in [1.807, 2.05) is 19.1 Å². The molecule has 0 amide bonds. The molecular weight excluding hydrogens is 493 g/mol. The lowest BCUT2D eigenvalue weighted by atomic mass is 9.77. The van der Waals surface area contributed by atoms with Crippen LogP contribution in [0, 0.1) is 0 Å². The lowest BCUT2D eigenvalue weighted by Gasteiger charge is -2.32. The molecule has 1 heterocycles. The molecule has 1 aliphatic heterocycles. The third kappa shape index (κ3) is 5.11. The summed E-state index contributed by atoms with van der Waals surface area (Å²) in [7, 11) is 1.25. The Hall–Kier alpha value is -3.16. The van der Waals surface area contributed by atoms with Gasteiger partial charge in [-0.2, -0.15) is 0 Å². The molecule has 1 atom stereocenters. The Morgan fingerprint density at radius 3 is 2.57 bits per heavy atom. The highest BCUT2D eigenvalue weighted by molar-refractivity contribution is 6.32. The molecule has 4 rings (SSSR count). The Morgan fingerprint density at radius 2 is 1.89 bits per heavy atom. The Balaban J connectivity index is 1.78. The van der Waals surface area contributed by atoms with Gasteiger partial charge in [0.05, 0.1) is 24.7 Å². The molecule has 184 valence electrons. The smallest absolute Gasteiger partial charge is 0.340 e. The van der Waals surface area contributed by atoms with Crippen molar-refractivity contribution >= 4 is 35.0 Å². The molecule has 2 aromatic rings. The first-order valence-electron chi connectivity index (χ1n) is 11.2. The van der Waals surface area contributed by atoms with Gasteiger partial charge in [-0.15, -0.1) is 0 Å². The van der Waals surface area contributed by atoms with Crippen LogP contribution in [0.2, 0.25) is 10.0 Å². The average Bonchev–Trinajstić information content (AvgIpc) is 2.83. The number of allylic oxidation sites excluding steroid dienone is 2. The fourth-order valence-corrected chi connectivity index (χ4v) is 4.69. The van der Waals surface area contributed by atoms with Gasteiger partial charge in [0.25, 0.3) is 0 Å². The van der Waals surface area contributed by atoms with Crippen LogP contribution in [0.5, 0.6) is 11.5 Å². The maximum Gasteiger partial charge on any atom is 0.340 e. The van der Waals surface area contributed by atoms with E-state index in [1.54, 1.807) is 24.3 Å². The van der Waals surface area contributed by atoms with Crippen molar-refractivity contribution in [3.63, 3.8) is 0 Å². The van der Waals surface area contributed by atoms with Gasteiger partial charge in [0.2, 0.25) is 5.88 Å². The van der Waals surface area contributed by atoms with E-state index >= 15 is 0 Å². The standard InChI is InChI=1S/C26H25Cl2NO6/c1-3-33-20-12-15(11-17(28)24(20)34-13-14-7-9-16(27)10-8-14)21-22-18(30)5-4-6-19(22)35-25(29)23(21)26(31)32-2/h7-12,21H,3-6,13,29H2,1-2H3/t21-/m1/s1. The first-order valence-corrected chi connectivity index (χ1v) is 11.9. The predicted molar refractivity (Wildman–Crippen MR) is 131 cm³/mol. The number of carbonyl (C=O) groups is 2. The first-order chi connectivity index (χ1) is 16.8. The Morgan fingerprint density at radius 1 is 1.14 bits per heavy atom. The van der Waals surface area contributed by atoms with Crippen LogP contribution in [-0.4, -0.2) is 25.5 Å². The van der Waals surface area contributed by atoms with Crippen LogP contribution in [-0.2, 0) is 25.7 Å². The largest absolute Gasteiger partial charge is 0.490 e. The summed E-state index contributed by atoms with van der Waals surface area (Å²) < 4.78 is 22.5. The van der Waals surface area contributed by atoms with Crippen LogP contribution in [0.4, 0.5) is 0 Å². The molecule has 0 spiro atoms. The minimum absolute atomic E-state index is 0.0508. The second kappa shape index (κ2) is 10.6. The highest BCUT2D eigenvalue weighted by Crippen LogP contribution is 2.47. The molecule has 0 fully saturated rings. The highest BCUT2D eigenvalue weighted by atomic mass is 35.5. The summed E-state index contributed by atoms with van der Waals surface area (Å²) in [6, 6.07) is 10.6. The molecule has 0 radical (unpaired) electrons. The molecule has 35 heavy (non-hydrogen) atoms. The number of benzene rings is 2. The van der Waals surface area contributed by atoms with E-state index in [4.69, 9.17) is 47.9 Å². The highest BCUT2D eigenvalue weighted by Gasteiger charge is 2.41. The predicted octanol–water partition coefficient (Wildman–Crippen LogP) is 5.44. The van der Waals surface area contributed by atoms with Gasteiger partial charge in [-0.05, 0) is 48.7 Å². The number of Topliss-reactive ketones (excluding diaryl/α,β-unsaturated/α-hetero) is 1. The molecule has 9 heteroatoms. The molecule has 2 N–H and O–H groups in total. The molecule has 0 saturated heterocycles. The summed E-state index contributed by atoms with van der Waals surface area (Å²) in [5, 5.41) is 0.891. The summed E-state index contributed by atoms with van der Waals surface area (Å²) in [5.74, 6) is -0.498. The van der Waals surface area contributed by atoms with Crippen LogP contribution < -0.4 is 15.2 Å². The number of methoxy groups -OCH3 is 1. The zero-order valence-electron chi connectivity index (χ0n) is 19.4. The van der Waals surface area contributed by atoms with Crippen molar-refractivity contribution in [2.24, 2.45) is 5.73 Å². The van der Waals surface area contributed by atoms with Crippen molar-refractivity contribution in [2.75, 3.05) is 13.7 Å². The number of ether oxygens (including phenoxy) is 4. The third-order valence-corrected chi connectivity index (χ3v) is 6.38. The van der Waals surface area contributed by atoms with Crippen LogP contribution in [0.1, 0.15) is 43.2 Å². The fraction of sp³-hybridized carbons (Fsp3) is 0.308. The van der Waals surface area contributed by atoms with E-state index in [1.165, 1.54) is 7.11 Å². The number of ketones is 1. The number of nitrogens with two attached hydrogens (primary N) is 1. The van der Waals surface area contributed by atoms with Crippen LogP contribution in [0.15, 0.2) is 59.2 Å². The van der Waals surface area contributed by atoms with E-state index in [2.05, 4.69) is 0 Å². The van der Waals surface area contributed by atoms with Crippen molar-refractivity contribution < 1.29 is 28.5 Å². The van der Waals surface area contributed by atoms with E-state index < -0.39 is 11.9 Å². The van der Waals surface area contributed by atoms with Gasteiger partial charge in [-0.3, -0.25) is 4.79 Å². The lowest BCUT2D eigenvalue weighted by molar-refractivity contribution is -0.136. The molecule has 1 aliphatic carbocycles. The molecule has 2 aromatic carbocycles. The number of rotatable bonds is 7. The summed E-state index contributed by atoms with van der Waals surface area (Å²) >= 11 is 12.6. The van der Waals surface area contributed by atoms with Crippen LogP contribution in [0.25, 0.3) is 0 Å². The van der Waals surface area contributed by atoms with E-state index in [0.29, 0.717) is 59.3 Å². The summed E-state index contributed by atoms with van der Waals surface area (Å²) in [6.07, 6.45) is 1.54. The quantitative estimate of drug-likeness (QED) is 0.488. The second-order valence-corrected chi connectivity index (χ2v) is 8.94. The van der Waals surface area contributed by atoms with Gasteiger partial charge in [0.15, 0.2) is 17.3 Å². The Labute approximate surface area is 213 Å². The van der Waals surface area contributed by atoms with E-state index in [9.17, 15) is 9.59 Å². The number of halogens is 2. The van der Waals surface area contributed by atoms with Gasteiger partial charge in [-0.25, -0.2) is 4.79 Å². The number of carbonyl (C=O) groups excluding carboxylic acids is 2. The van der Waals surface area contributed by atoms with Gasteiger partial charge < -0.3 is 24.7 Å². The van der Waals surface area contributed by atoms with Gasteiger partial charge in [-0.1, -0.05) is 35.3 Å². The minimum atomic E-state index is -0.805. The topological polar surface area (TPSA) is 97.1 Å². The maximum atomic E-state index is 13.0.